The lowest BCUT2D eigenvalue weighted by Crippen LogP contribution is -2.31. The standard InChI is InChI=1S/C26H21F3N4O3/c1-2-24(34)31-14-12-19(16-31)33-22-11-13-30-15-23(22)32(25(33)35)18-5-9-21(10-6-18)36-20-7-3-17(4-8-20)26(27,28)29/h2-11,13,15,19H,1,12,14,16H2. The Balaban J connectivity index is 1.44. The third-order valence-corrected chi connectivity index (χ3v) is 6.20. The first-order valence-corrected chi connectivity index (χ1v) is 11.2. The number of rotatable bonds is 5. The predicted molar refractivity (Wildman–Crippen MR) is 127 cm³/mol. The maximum atomic E-state index is 13.6. The molecule has 4 aromatic rings. The fraction of sp³-hybridized carbons (Fsp3) is 0.192. The summed E-state index contributed by atoms with van der Waals surface area (Å²) >= 11 is 0. The van der Waals surface area contributed by atoms with Crippen molar-refractivity contribution in [2.45, 2.75) is 18.6 Å². The number of likely N-dealkylation sites (tertiary alicyclic amines) is 1. The van der Waals surface area contributed by atoms with Crippen molar-refractivity contribution in [3.8, 4) is 17.2 Å². The maximum Gasteiger partial charge on any atom is 0.416 e. The molecule has 1 unspecified atom stereocenters. The number of fused-ring (bicyclic) bond motifs is 1. The molecular weight excluding hydrogens is 473 g/mol. The summed E-state index contributed by atoms with van der Waals surface area (Å²) in [5.41, 5.74) is 0.889. The highest BCUT2D eigenvalue weighted by Crippen LogP contribution is 2.32. The third-order valence-electron chi connectivity index (χ3n) is 6.20. The molecule has 2 aromatic carbocycles. The van der Waals surface area contributed by atoms with Crippen LogP contribution in [0.15, 0.2) is 84.4 Å². The molecule has 10 heteroatoms. The number of hydrogen-bond acceptors (Lipinski definition) is 4. The summed E-state index contributed by atoms with van der Waals surface area (Å²) in [7, 11) is 0. The number of pyridine rings is 1. The van der Waals surface area contributed by atoms with Gasteiger partial charge in [0, 0.05) is 19.3 Å². The number of carbonyl (C=O) groups is 1. The van der Waals surface area contributed by atoms with E-state index in [9.17, 15) is 22.8 Å². The van der Waals surface area contributed by atoms with Crippen LogP contribution in [-0.4, -0.2) is 38.0 Å². The Bertz CT molecular complexity index is 1490. The van der Waals surface area contributed by atoms with Gasteiger partial charge >= 0.3 is 11.9 Å². The van der Waals surface area contributed by atoms with Crippen LogP contribution >= 0.6 is 0 Å². The fourth-order valence-corrected chi connectivity index (χ4v) is 4.46. The monoisotopic (exact) mass is 494 g/mol. The third kappa shape index (κ3) is 4.26. The summed E-state index contributed by atoms with van der Waals surface area (Å²) in [6, 6.07) is 12.7. The quantitative estimate of drug-likeness (QED) is 0.368. The van der Waals surface area contributed by atoms with Gasteiger partial charge in [-0.15, -0.1) is 0 Å². The Morgan fingerprint density at radius 2 is 1.69 bits per heavy atom. The second kappa shape index (κ2) is 9.03. The van der Waals surface area contributed by atoms with E-state index in [0.717, 1.165) is 12.1 Å². The number of halogens is 3. The average molecular weight is 494 g/mol. The lowest BCUT2D eigenvalue weighted by Gasteiger charge is -2.15. The molecule has 1 amide bonds. The van der Waals surface area contributed by atoms with Gasteiger partial charge in [-0.3, -0.25) is 18.9 Å². The van der Waals surface area contributed by atoms with E-state index in [1.54, 1.807) is 56.8 Å². The highest BCUT2D eigenvalue weighted by Gasteiger charge is 2.31. The molecule has 2 aromatic heterocycles. The Morgan fingerprint density at radius 1 is 1.03 bits per heavy atom. The molecule has 0 N–H and O–H groups in total. The van der Waals surface area contributed by atoms with Crippen molar-refractivity contribution in [3.05, 3.63) is 95.7 Å². The smallest absolute Gasteiger partial charge is 0.416 e. The molecular formula is C26H21F3N4O3. The van der Waals surface area contributed by atoms with Gasteiger partial charge in [-0.1, -0.05) is 6.58 Å². The number of aromatic nitrogens is 3. The fourth-order valence-electron chi connectivity index (χ4n) is 4.46. The minimum absolute atomic E-state index is 0.167. The summed E-state index contributed by atoms with van der Waals surface area (Å²) in [4.78, 5) is 31.4. The zero-order valence-corrected chi connectivity index (χ0v) is 19.0. The van der Waals surface area contributed by atoms with Gasteiger partial charge in [-0.2, -0.15) is 13.2 Å². The van der Waals surface area contributed by atoms with Crippen molar-refractivity contribution in [2.75, 3.05) is 13.1 Å². The molecule has 0 spiro atoms. The lowest BCUT2D eigenvalue weighted by atomic mass is 10.2. The normalized spacial score (nSPS) is 15.9. The number of alkyl halides is 3. The first-order valence-electron chi connectivity index (χ1n) is 11.2. The molecule has 1 aliphatic rings. The summed E-state index contributed by atoms with van der Waals surface area (Å²) in [6.07, 6.45) is 0.722. The van der Waals surface area contributed by atoms with Gasteiger partial charge < -0.3 is 9.64 Å². The van der Waals surface area contributed by atoms with E-state index >= 15 is 0 Å². The molecule has 0 saturated carbocycles. The molecule has 0 aliphatic carbocycles. The zero-order chi connectivity index (χ0) is 25.4. The second-order valence-electron chi connectivity index (χ2n) is 8.40. The number of amides is 1. The van der Waals surface area contributed by atoms with Crippen molar-refractivity contribution < 1.29 is 22.7 Å². The number of hydrogen-bond donors (Lipinski definition) is 0. The Kier molecular flexibility index (Phi) is 5.87. The molecule has 3 heterocycles. The second-order valence-corrected chi connectivity index (χ2v) is 8.40. The van der Waals surface area contributed by atoms with Crippen molar-refractivity contribution in [1.29, 1.82) is 0 Å². The highest BCUT2D eigenvalue weighted by molar-refractivity contribution is 5.87. The van der Waals surface area contributed by atoms with Crippen molar-refractivity contribution >= 4 is 16.9 Å². The zero-order valence-electron chi connectivity index (χ0n) is 19.0. The number of carbonyl (C=O) groups excluding carboxylic acids is 1. The number of ether oxygens (including phenoxy) is 1. The van der Waals surface area contributed by atoms with Gasteiger partial charge in [0.25, 0.3) is 0 Å². The van der Waals surface area contributed by atoms with Gasteiger partial charge in [-0.25, -0.2) is 4.79 Å². The average Bonchev–Trinajstić information content (AvgIpc) is 3.46. The molecule has 1 fully saturated rings. The molecule has 5 rings (SSSR count). The molecule has 1 saturated heterocycles. The minimum atomic E-state index is -4.42. The van der Waals surface area contributed by atoms with Gasteiger partial charge in [0.05, 0.1) is 34.5 Å². The van der Waals surface area contributed by atoms with Crippen LogP contribution in [0.5, 0.6) is 11.5 Å². The van der Waals surface area contributed by atoms with Gasteiger partial charge in [0.15, 0.2) is 0 Å². The summed E-state index contributed by atoms with van der Waals surface area (Å²) < 4.78 is 47.2. The Hall–Kier alpha value is -4.34. The van der Waals surface area contributed by atoms with Crippen molar-refractivity contribution in [1.82, 2.24) is 19.0 Å². The van der Waals surface area contributed by atoms with Crippen molar-refractivity contribution in [2.24, 2.45) is 0 Å². The van der Waals surface area contributed by atoms with Gasteiger partial charge in [0.2, 0.25) is 5.91 Å². The predicted octanol–water partition coefficient (Wildman–Crippen LogP) is 4.96. The van der Waals surface area contributed by atoms with Crippen LogP contribution in [0.25, 0.3) is 16.7 Å². The summed E-state index contributed by atoms with van der Waals surface area (Å²) in [5.74, 6) is 0.496. The van der Waals surface area contributed by atoms with E-state index < -0.39 is 11.7 Å². The maximum absolute atomic E-state index is 13.6. The Morgan fingerprint density at radius 3 is 2.33 bits per heavy atom. The van der Waals surface area contributed by atoms with Crippen LogP contribution < -0.4 is 10.4 Å². The number of benzene rings is 2. The summed E-state index contributed by atoms with van der Waals surface area (Å²) in [6.45, 7) is 4.48. The van der Waals surface area contributed by atoms with E-state index in [1.165, 1.54) is 18.2 Å². The topological polar surface area (TPSA) is 69.4 Å². The first kappa shape index (κ1) is 23.4. The largest absolute Gasteiger partial charge is 0.457 e. The SMILES string of the molecule is C=CC(=O)N1CCC(n2c(=O)n(-c3ccc(Oc4ccc(C(F)(F)F)cc4)cc3)c3cnccc32)C1. The van der Waals surface area contributed by atoms with E-state index in [4.69, 9.17) is 4.74 Å². The van der Waals surface area contributed by atoms with Crippen LogP contribution in [0.4, 0.5) is 13.2 Å². The van der Waals surface area contributed by atoms with E-state index in [-0.39, 0.29) is 23.4 Å². The van der Waals surface area contributed by atoms with Crippen LogP contribution in [0.3, 0.4) is 0 Å². The van der Waals surface area contributed by atoms with Crippen LogP contribution in [0, 0.1) is 0 Å². The molecule has 7 nitrogen and oxygen atoms in total. The van der Waals surface area contributed by atoms with Gasteiger partial charge in [-0.05, 0) is 67.1 Å². The molecule has 1 atom stereocenters. The molecule has 0 radical (unpaired) electrons. The van der Waals surface area contributed by atoms with E-state index in [0.29, 0.717) is 42.0 Å². The minimum Gasteiger partial charge on any atom is -0.457 e. The summed E-state index contributed by atoms with van der Waals surface area (Å²) in [5, 5.41) is 0. The molecule has 1 aliphatic heterocycles. The highest BCUT2D eigenvalue weighted by atomic mass is 19.4. The Labute approximate surface area is 203 Å². The molecule has 184 valence electrons. The van der Waals surface area contributed by atoms with E-state index in [1.807, 2.05) is 0 Å². The first-order chi connectivity index (χ1) is 17.3. The number of imidazole rings is 1. The van der Waals surface area contributed by atoms with Crippen LogP contribution in [0.2, 0.25) is 0 Å². The van der Waals surface area contributed by atoms with Crippen LogP contribution in [0.1, 0.15) is 18.0 Å². The van der Waals surface area contributed by atoms with Crippen LogP contribution in [-0.2, 0) is 11.0 Å². The van der Waals surface area contributed by atoms with Gasteiger partial charge in [0.1, 0.15) is 11.5 Å². The number of nitrogens with zero attached hydrogens (tertiary/aromatic N) is 4. The molecule has 36 heavy (non-hydrogen) atoms. The lowest BCUT2D eigenvalue weighted by molar-refractivity contribution is -0.137. The van der Waals surface area contributed by atoms with E-state index in [2.05, 4.69) is 11.6 Å². The van der Waals surface area contributed by atoms with Crippen molar-refractivity contribution in [3.63, 3.8) is 0 Å². The molecule has 0 bridgehead atoms.